The van der Waals surface area contributed by atoms with Crippen LogP contribution in [0, 0.1) is 0 Å². The molecule has 0 bridgehead atoms. The molecule has 1 aliphatic heterocycles. The summed E-state index contributed by atoms with van der Waals surface area (Å²) in [5.41, 5.74) is 0. The number of thioether (sulfide) groups is 1. The molecule has 2 N–H and O–H groups in total. The van der Waals surface area contributed by atoms with E-state index < -0.39 is 0 Å². The highest BCUT2D eigenvalue weighted by molar-refractivity contribution is 8.13. The van der Waals surface area contributed by atoms with Gasteiger partial charge in [0.15, 0.2) is 5.17 Å². The highest BCUT2D eigenvalue weighted by Crippen LogP contribution is 2.06. The number of nitrogens with zero attached hydrogens (tertiary/aromatic N) is 1. The SMILES string of the molecule is CSC1=NCC(CCO)N1. The van der Waals surface area contributed by atoms with E-state index in [4.69, 9.17) is 5.11 Å². The summed E-state index contributed by atoms with van der Waals surface area (Å²) in [6, 6.07) is 0.368. The first-order chi connectivity index (χ1) is 4.86. The molecule has 0 saturated heterocycles. The Kier molecular flexibility index (Phi) is 3.02. The Hall–Kier alpha value is -0.220. The average Bonchev–Trinajstić information content (AvgIpc) is 2.37. The zero-order valence-corrected chi connectivity index (χ0v) is 6.82. The number of hydrogen-bond donors (Lipinski definition) is 2. The van der Waals surface area contributed by atoms with Crippen molar-refractivity contribution < 1.29 is 5.11 Å². The van der Waals surface area contributed by atoms with Crippen molar-refractivity contribution in [2.75, 3.05) is 19.4 Å². The normalized spacial score (nSPS) is 24.2. The first-order valence-electron chi connectivity index (χ1n) is 3.32. The molecule has 0 aromatic carbocycles. The second-order valence-electron chi connectivity index (χ2n) is 2.20. The third-order valence-electron chi connectivity index (χ3n) is 1.45. The monoisotopic (exact) mass is 160 g/mol. The minimum absolute atomic E-state index is 0.245. The Morgan fingerprint density at radius 2 is 2.70 bits per heavy atom. The molecular weight excluding hydrogens is 148 g/mol. The predicted octanol–water partition coefficient (Wildman–Crippen LogP) is 0.0596. The lowest BCUT2D eigenvalue weighted by Crippen LogP contribution is -2.29. The van der Waals surface area contributed by atoms with Crippen LogP contribution in [0.1, 0.15) is 6.42 Å². The summed E-state index contributed by atoms with van der Waals surface area (Å²) in [5, 5.41) is 12.8. The molecule has 0 radical (unpaired) electrons. The van der Waals surface area contributed by atoms with Crippen molar-refractivity contribution in [2.24, 2.45) is 4.99 Å². The minimum Gasteiger partial charge on any atom is -0.396 e. The number of rotatable bonds is 2. The maximum Gasteiger partial charge on any atom is 0.156 e. The van der Waals surface area contributed by atoms with E-state index in [1.54, 1.807) is 11.8 Å². The highest BCUT2D eigenvalue weighted by Gasteiger charge is 2.14. The third kappa shape index (κ3) is 1.88. The number of nitrogens with one attached hydrogen (secondary N) is 1. The van der Waals surface area contributed by atoms with Crippen LogP contribution in [0.4, 0.5) is 0 Å². The summed E-state index contributed by atoms with van der Waals surface area (Å²) in [6.07, 6.45) is 2.79. The van der Waals surface area contributed by atoms with E-state index >= 15 is 0 Å². The van der Waals surface area contributed by atoms with Gasteiger partial charge in [0.05, 0.1) is 6.54 Å². The molecule has 0 aliphatic carbocycles. The van der Waals surface area contributed by atoms with Gasteiger partial charge in [-0.05, 0) is 12.7 Å². The van der Waals surface area contributed by atoms with Gasteiger partial charge in [-0.15, -0.1) is 0 Å². The molecule has 58 valence electrons. The standard InChI is InChI=1S/C6H12N2OS/c1-10-6-7-4-5(8-6)2-3-9/h5,9H,2-4H2,1H3,(H,7,8). The van der Waals surface area contributed by atoms with Gasteiger partial charge in [0.25, 0.3) is 0 Å². The first kappa shape index (κ1) is 7.88. The fourth-order valence-corrected chi connectivity index (χ4v) is 1.39. The quantitative estimate of drug-likeness (QED) is 0.600. The van der Waals surface area contributed by atoms with E-state index in [1.807, 2.05) is 6.26 Å². The zero-order valence-electron chi connectivity index (χ0n) is 6.00. The lowest BCUT2D eigenvalue weighted by molar-refractivity contribution is 0.275. The molecule has 0 fully saturated rings. The van der Waals surface area contributed by atoms with E-state index in [-0.39, 0.29) is 6.61 Å². The third-order valence-corrected chi connectivity index (χ3v) is 2.09. The molecule has 1 atom stereocenters. The summed E-state index contributed by atoms with van der Waals surface area (Å²) in [6.45, 7) is 1.06. The molecular formula is C6H12N2OS. The molecule has 0 aromatic rings. The number of hydrogen-bond acceptors (Lipinski definition) is 4. The van der Waals surface area contributed by atoms with Crippen molar-refractivity contribution in [3.05, 3.63) is 0 Å². The topological polar surface area (TPSA) is 44.6 Å². The van der Waals surface area contributed by atoms with E-state index in [1.165, 1.54) is 0 Å². The maximum absolute atomic E-state index is 8.59. The molecule has 4 heteroatoms. The van der Waals surface area contributed by atoms with Crippen LogP contribution in [0.3, 0.4) is 0 Å². The molecule has 10 heavy (non-hydrogen) atoms. The minimum atomic E-state index is 0.245. The van der Waals surface area contributed by atoms with Gasteiger partial charge in [-0.1, -0.05) is 11.8 Å². The molecule has 0 saturated carbocycles. The Morgan fingerprint density at radius 1 is 1.90 bits per heavy atom. The maximum atomic E-state index is 8.59. The molecule has 3 nitrogen and oxygen atoms in total. The Morgan fingerprint density at radius 3 is 3.20 bits per heavy atom. The zero-order chi connectivity index (χ0) is 7.40. The summed E-state index contributed by atoms with van der Waals surface area (Å²) in [4.78, 5) is 4.21. The van der Waals surface area contributed by atoms with Crippen LogP contribution >= 0.6 is 11.8 Å². The summed E-state index contributed by atoms with van der Waals surface area (Å²) >= 11 is 1.62. The van der Waals surface area contributed by atoms with E-state index in [0.29, 0.717) is 6.04 Å². The molecule has 0 amide bonds. The molecule has 1 rings (SSSR count). The summed E-state index contributed by atoms with van der Waals surface area (Å²) < 4.78 is 0. The van der Waals surface area contributed by atoms with Gasteiger partial charge >= 0.3 is 0 Å². The van der Waals surface area contributed by atoms with Crippen LogP contribution in [0.5, 0.6) is 0 Å². The molecule has 0 spiro atoms. The van der Waals surface area contributed by atoms with Crippen molar-refractivity contribution in [1.29, 1.82) is 0 Å². The second kappa shape index (κ2) is 3.83. The largest absolute Gasteiger partial charge is 0.396 e. The molecule has 0 aromatic heterocycles. The van der Waals surface area contributed by atoms with Crippen molar-refractivity contribution in [3.63, 3.8) is 0 Å². The summed E-state index contributed by atoms with van der Waals surface area (Å²) in [7, 11) is 0. The van der Waals surface area contributed by atoms with Gasteiger partial charge < -0.3 is 10.4 Å². The lowest BCUT2D eigenvalue weighted by atomic mass is 10.2. The second-order valence-corrected chi connectivity index (χ2v) is 3.00. The van der Waals surface area contributed by atoms with Crippen LogP contribution in [-0.4, -0.2) is 35.7 Å². The van der Waals surface area contributed by atoms with Crippen LogP contribution < -0.4 is 5.32 Å². The van der Waals surface area contributed by atoms with Crippen molar-refractivity contribution in [2.45, 2.75) is 12.5 Å². The Bertz CT molecular complexity index is 138. The smallest absolute Gasteiger partial charge is 0.156 e. The first-order valence-corrected chi connectivity index (χ1v) is 4.55. The van der Waals surface area contributed by atoms with Crippen LogP contribution in [-0.2, 0) is 0 Å². The van der Waals surface area contributed by atoms with Crippen LogP contribution in [0.2, 0.25) is 0 Å². The average molecular weight is 160 g/mol. The number of aliphatic hydroxyl groups is 1. The van der Waals surface area contributed by atoms with E-state index in [0.717, 1.165) is 18.1 Å². The van der Waals surface area contributed by atoms with Crippen molar-refractivity contribution in [1.82, 2.24) is 5.32 Å². The highest BCUT2D eigenvalue weighted by atomic mass is 32.2. The Balaban J connectivity index is 2.22. The van der Waals surface area contributed by atoms with Gasteiger partial charge in [-0.2, -0.15) is 0 Å². The number of aliphatic imine (C=N–C) groups is 1. The van der Waals surface area contributed by atoms with Gasteiger partial charge in [-0.25, -0.2) is 0 Å². The van der Waals surface area contributed by atoms with Crippen LogP contribution in [0.25, 0.3) is 0 Å². The molecule has 1 aliphatic rings. The van der Waals surface area contributed by atoms with Gasteiger partial charge in [0.1, 0.15) is 0 Å². The van der Waals surface area contributed by atoms with Crippen LogP contribution in [0.15, 0.2) is 4.99 Å². The fourth-order valence-electron chi connectivity index (χ4n) is 0.902. The molecule has 1 unspecified atom stereocenters. The van der Waals surface area contributed by atoms with Crippen molar-refractivity contribution >= 4 is 16.9 Å². The van der Waals surface area contributed by atoms with E-state index in [2.05, 4.69) is 10.3 Å². The van der Waals surface area contributed by atoms with Gasteiger partial charge in [0.2, 0.25) is 0 Å². The fraction of sp³-hybridized carbons (Fsp3) is 0.833. The van der Waals surface area contributed by atoms with Crippen molar-refractivity contribution in [3.8, 4) is 0 Å². The Labute approximate surface area is 64.9 Å². The van der Waals surface area contributed by atoms with Gasteiger partial charge in [-0.3, -0.25) is 4.99 Å². The molecule has 1 heterocycles. The number of aliphatic hydroxyl groups excluding tert-OH is 1. The van der Waals surface area contributed by atoms with E-state index in [9.17, 15) is 0 Å². The summed E-state index contributed by atoms with van der Waals surface area (Å²) in [5.74, 6) is 0. The number of amidine groups is 1. The van der Waals surface area contributed by atoms with Gasteiger partial charge in [0, 0.05) is 12.6 Å². The lowest BCUT2D eigenvalue weighted by Gasteiger charge is -2.07. The predicted molar refractivity (Wildman–Crippen MR) is 44.4 cm³/mol.